The second-order valence-corrected chi connectivity index (χ2v) is 10.5. The fourth-order valence-electron chi connectivity index (χ4n) is 3.21. The lowest BCUT2D eigenvalue weighted by molar-refractivity contribution is 0.0950. The number of carbonyl (C=O) groups excluding carboxylic acids is 1. The molecule has 1 aliphatic carbocycles. The zero-order valence-corrected chi connectivity index (χ0v) is 19.2. The van der Waals surface area contributed by atoms with E-state index in [0.29, 0.717) is 52.5 Å². The van der Waals surface area contributed by atoms with Gasteiger partial charge in [0.05, 0.1) is 40.4 Å². The van der Waals surface area contributed by atoms with Gasteiger partial charge < -0.3 is 5.32 Å². The van der Waals surface area contributed by atoms with Gasteiger partial charge in [0.15, 0.2) is 10.7 Å². The number of rotatable bonds is 8. The predicted octanol–water partition coefficient (Wildman–Crippen LogP) is 2.20. The lowest BCUT2D eigenvalue weighted by atomic mass is 10.3. The number of hydrogen-bond acceptors (Lipinski definition) is 9. The van der Waals surface area contributed by atoms with E-state index in [1.165, 1.54) is 17.5 Å². The van der Waals surface area contributed by atoms with E-state index < -0.39 is 10.0 Å². The highest BCUT2D eigenvalue weighted by Crippen LogP contribution is 2.29. The van der Waals surface area contributed by atoms with Crippen LogP contribution in [0.25, 0.3) is 21.7 Å². The highest BCUT2D eigenvalue weighted by molar-refractivity contribution is 7.93. The van der Waals surface area contributed by atoms with E-state index in [4.69, 9.17) is 0 Å². The standard InChI is InChI=1S/C20H20N8O3S2/c1-2-28-18-16(10-25-28)22-9-15(26-18)17-11-24-20(32-17)19(29)23-8-13-7-12(5-6-21-13)27-33(30,31)14-3-4-14/h5-7,9-11,14H,2-4,8H2,1H3,(H,21,27)(H,23,29). The smallest absolute Gasteiger partial charge is 0.280 e. The number of amides is 1. The molecular formula is C20H20N8O3S2. The minimum absolute atomic E-state index is 0.133. The normalized spacial score (nSPS) is 13.8. The molecule has 0 unspecified atom stereocenters. The molecule has 1 aliphatic rings. The third-order valence-corrected chi connectivity index (χ3v) is 7.96. The van der Waals surface area contributed by atoms with Crippen LogP contribution in [0.5, 0.6) is 0 Å². The first-order chi connectivity index (χ1) is 15.9. The van der Waals surface area contributed by atoms with Crippen LogP contribution >= 0.6 is 11.3 Å². The van der Waals surface area contributed by atoms with E-state index in [-0.39, 0.29) is 22.7 Å². The number of anilines is 1. The van der Waals surface area contributed by atoms with Gasteiger partial charge in [-0.25, -0.2) is 28.1 Å². The van der Waals surface area contributed by atoms with Crippen molar-refractivity contribution in [2.45, 2.75) is 38.1 Å². The van der Waals surface area contributed by atoms with Gasteiger partial charge in [-0.15, -0.1) is 11.3 Å². The third-order valence-electron chi connectivity index (χ3n) is 5.07. The van der Waals surface area contributed by atoms with E-state index >= 15 is 0 Å². The molecule has 0 spiro atoms. The van der Waals surface area contributed by atoms with E-state index in [0.717, 1.165) is 0 Å². The number of nitrogens with zero attached hydrogens (tertiary/aromatic N) is 6. The summed E-state index contributed by atoms with van der Waals surface area (Å²) in [4.78, 5) is 30.7. The molecule has 0 saturated heterocycles. The maximum Gasteiger partial charge on any atom is 0.280 e. The molecule has 0 radical (unpaired) electrons. The minimum Gasteiger partial charge on any atom is -0.344 e. The summed E-state index contributed by atoms with van der Waals surface area (Å²) in [6.45, 7) is 2.78. The Morgan fingerprint density at radius 2 is 2.06 bits per heavy atom. The summed E-state index contributed by atoms with van der Waals surface area (Å²) in [5.74, 6) is -0.357. The van der Waals surface area contributed by atoms with Gasteiger partial charge in [0, 0.05) is 18.9 Å². The lowest BCUT2D eigenvalue weighted by Crippen LogP contribution is -2.23. The topological polar surface area (TPSA) is 145 Å². The van der Waals surface area contributed by atoms with Crippen molar-refractivity contribution in [2.75, 3.05) is 4.72 Å². The van der Waals surface area contributed by atoms with Gasteiger partial charge in [0.1, 0.15) is 11.2 Å². The minimum atomic E-state index is -3.36. The average molecular weight is 485 g/mol. The number of nitrogens with one attached hydrogen (secondary N) is 2. The van der Waals surface area contributed by atoms with Crippen LogP contribution in [0.2, 0.25) is 0 Å². The molecule has 13 heteroatoms. The van der Waals surface area contributed by atoms with Gasteiger partial charge in [-0.1, -0.05) is 0 Å². The van der Waals surface area contributed by atoms with Crippen molar-refractivity contribution in [3.8, 4) is 10.6 Å². The molecule has 11 nitrogen and oxygen atoms in total. The summed E-state index contributed by atoms with van der Waals surface area (Å²) in [5, 5.41) is 6.97. The Balaban J connectivity index is 1.26. The van der Waals surface area contributed by atoms with Crippen LogP contribution in [0, 0.1) is 0 Å². The lowest BCUT2D eigenvalue weighted by Gasteiger charge is -2.08. The monoisotopic (exact) mass is 484 g/mol. The van der Waals surface area contributed by atoms with Crippen LogP contribution < -0.4 is 10.0 Å². The fourth-order valence-corrected chi connectivity index (χ4v) is 5.37. The number of aryl methyl sites for hydroxylation is 1. The summed E-state index contributed by atoms with van der Waals surface area (Å²) >= 11 is 1.21. The summed E-state index contributed by atoms with van der Waals surface area (Å²) in [6, 6.07) is 3.19. The Morgan fingerprint density at radius 3 is 2.85 bits per heavy atom. The van der Waals surface area contributed by atoms with Crippen LogP contribution in [-0.4, -0.2) is 49.3 Å². The van der Waals surface area contributed by atoms with Crippen LogP contribution in [-0.2, 0) is 23.1 Å². The van der Waals surface area contributed by atoms with Gasteiger partial charge >= 0.3 is 0 Å². The molecule has 4 heterocycles. The number of pyridine rings is 1. The molecule has 0 bridgehead atoms. The largest absolute Gasteiger partial charge is 0.344 e. The number of thiazole rings is 1. The Kier molecular flexibility index (Phi) is 5.50. The molecule has 170 valence electrons. The fraction of sp³-hybridized carbons (Fsp3) is 0.300. The van der Waals surface area contributed by atoms with Gasteiger partial charge in [-0.2, -0.15) is 5.10 Å². The molecule has 1 amide bonds. The van der Waals surface area contributed by atoms with Crippen LogP contribution in [0.4, 0.5) is 5.69 Å². The van der Waals surface area contributed by atoms with Gasteiger partial charge in [-0.3, -0.25) is 14.5 Å². The Labute approximate surface area is 193 Å². The number of sulfonamides is 1. The molecule has 2 N–H and O–H groups in total. The zero-order chi connectivity index (χ0) is 23.0. The Hall–Kier alpha value is -3.45. The van der Waals surface area contributed by atoms with E-state index in [1.807, 2.05) is 6.92 Å². The van der Waals surface area contributed by atoms with Crippen LogP contribution in [0.1, 0.15) is 35.3 Å². The maximum atomic E-state index is 12.6. The van der Waals surface area contributed by atoms with E-state index in [9.17, 15) is 13.2 Å². The van der Waals surface area contributed by atoms with Crippen molar-refractivity contribution in [1.82, 2.24) is 35.0 Å². The Bertz CT molecular complexity index is 1440. The van der Waals surface area contributed by atoms with E-state index in [1.54, 1.807) is 35.4 Å². The van der Waals surface area contributed by atoms with Crippen molar-refractivity contribution in [3.05, 3.63) is 47.6 Å². The van der Waals surface area contributed by atoms with Crippen molar-refractivity contribution >= 4 is 44.1 Å². The summed E-state index contributed by atoms with van der Waals surface area (Å²) in [5.41, 5.74) is 2.96. The van der Waals surface area contributed by atoms with Crippen molar-refractivity contribution in [1.29, 1.82) is 0 Å². The Morgan fingerprint density at radius 1 is 1.21 bits per heavy atom. The molecule has 33 heavy (non-hydrogen) atoms. The maximum absolute atomic E-state index is 12.6. The average Bonchev–Trinajstić information content (AvgIpc) is 3.43. The van der Waals surface area contributed by atoms with Crippen molar-refractivity contribution in [2.24, 2.45) is 0 Å². The first kappa shape index (κ1) is 21.4. The first-order valence-corrected chi connectivity index (χ1v) is 12.7. The summed E-state index contributed by atoms with van der Waals surface area (Å²) in [7, 11) is -3.36. The van der Waals surface area contributed by atoms with Gasteiger partial charge in [0.25, 0.3) is 5.91 Å². The predicted molar refractivity (Wildman–Crippen MR) is 123 cm³/mol. The molecule has 1 fully saturated rings. The molecule has 5 rings (SSSR count). The third kappa shape index (κ3) is 4.54. The van der Waals surface area contributed by atoms with Gasteiger partial charge in [0.2, 0.25) is 10.0 Å². The highest BCUT2D eigenvalue weighted by atomic mass is 32.2. The molecule has 0 aliphatic heterocycles. The van der Waals surface area contributed by atoms with Crippen LogP contribution in [0.15, 0.2) is 36.9 Å². The quantitative estimate of drug-likeness (QED) is 0.387. The molecule has 4 aromatic rings. The molecule has 1 saturated carbocycles. The molecule has 0 aromatic carbocycles. The molecule has 0 atom stereocenters. The van der Waals surface area contributed by atoms with Crippen molar-refractivity contribution < 1.29 is 13.2 Å². The second kappa shape index (κ2) is 8.48. The first-order valence-electron chi connectivity index (χ1n) is 10.3. The van der Waals surface area contributed by atoms with E-state index in [2.05, 4.69) is 35.1 Å². The number of fused-ring (bicyclic) bond motifs is 1. The second-order valence-electron chi connectivity index (χ2n) is 7.52. The summed E-state index contributed by atoms with van der Waals surface area (Å²) < 4.78 is 28.6. The molecular weight excluding hydrogens is 464 g/mol. The number of carbonyl (C=O) groups is 1. The zero-order valence-electron chi connectivity index (χ0n) is 17.6. The van der Waals surface area contributed by atoms with Gasteiger partial charge in [-0.05, 0) is 31.9 Å². The highest BCUT2D eigenvalue weighted by Gasteiger charge is 2.35. The number of aromatic nitrogens is 6. The van der Waals surface area contributed by atoms with Crippen molar-refractivity contribution in [3.63, 3.8) is 0 Å². The molecule has 4 aromatic heterocycles. The summed E-state index contributed by atoms with van der Waals surface area (Å²) in [6.07, 6.45) is 7.76. The van der Waals surface area contributed by atoms with Crippen LogP contribution in [0.3, 0.4) is 0 Å². The number of hydrogen-bond donors (Lipinski definition) is 2. The SMILES string of the molecule is CCn1ncc2ncc(-c3cnc(C(=O)NCc4cc(NS(=O)(=O)C5CC5)ccn4)s3)nc21.